The minimum absolute atomic E-state index is 0.0385. The van der Waals surface area contributed by atoms with Gasteiger partial charge in [0.2, 0.25) is 11.9 Å². The number of nitrogens with zero attached hydrogens (tertiary/aromatic N) is 6. The first-order valence-electron chi connectivity index (χ1n) is 11.0. The number of aliphatic hydroxyl groups excluding tert-OH is 1. The molecule has 176 valence electrons. The van der Waals surface area contributed by atoms with Crippen LogP contribution in [0.15, 0.2) is 43.0 Å². The van der Waals surface area contributed by atoms with Crippen LogP contribution < -0.4 is 20.7 Å². The molecular weight excluding hydrogens is 436 g/mol. The van der Waals surface area contributed by atoms with Gasteiger partial charge in [0.05, 0.1) is 31.6 Å². The summed E-state index contributed by atoms with van der Waals surface area (Å²) in [6, 6.07) is 7.43. The second-order valence-corrected chi connectivity index (χ2v) is 8.25. The van der Waals surface area contributed by atoms with Crippen molar-refractivity contribution in [3.8, 4) is 11.4 Å². The van der Waals surface area contributed by atoms with Crippen LogP contribution >= 0.6 is 0 Å². The standard InChI is InChI=1S/C23H26N8O3/c1-14-17(21(24)33)9-16(10-19(14)34-2)29-11-20(25-13-29)26-23-27-22(18-6-4-8-31(18)28-23)30-7-3-5-15(30)12-32/h4,6,8-11,13,15,32H,3,5,7,12H2,1-2H3,(H2,24,33)(H,26,28)/t15-/m0/s1. The fourth-order valence-electron chi connectivity index (χ4n) is 4.42. The second-order valence-electron chi connectivity index (χ2n) is 8.25. The number of carbonyl (C=O) groups is 1. The molecule has 1 fully saturated rings. The van der Waals surface area contributed by atoms with Crippen molar-refractivity contribution in [2.24, 2.45) is 5.73 Å². The van der Waals surface area contributed by atoms with Crippen LogP contribution in [0.1, 0.15) is 28.8 Å². The zero-order valence-corrected chi connectivity index (χ0v) is 19.0. The van der Waals surface area contributed by atoms with E-state index in [1.807, 2.05) is 24.4 Å². The van der Waals surface area contributed by atoms with Crippen LogP contribution in [0.2, 0.25) is 0 Å². The Morgan fingerprint density at radius 2 is 2.24 bits per heavy atom. The first kappa shape index (κ1) is 21.7. The number of amides is 1. The molecule has 1 atom stereocenters. The summed E-state index contributed by atoms with van der Waals surface area (Å²) in [5.74, 6) is 1.71. The third-order valence-electron chi connectivity index (χ3n) is 6.18. The van der Waals surface area contributed by atoms with Gasteiger partial charge < -0.3 is 30.4 Å². The van der Waals surface area contributed by atoms with E-state index in [2.05, 4.69) is 20.3 Å². The van der Waals surface area contributed by atoms with Gasteiger partial charge in [-0.25, -0.2) is 9.50 Å². The van der Waals surface area contributed by atoms with Crippen molar-refractivity contribution < 1.29 is 14.6 Å². The smallest absolute Gasteiger partial charge is 0.249 e. The van der Waals surface area contributed by atoms with Crippen molar-refractivity contribution in [3.63, 3.8) is 0 Å². The Bertz CT molecular complexity index is 1360. The molecule has 4 aromatic rings. The van der Waals surface area contributed by atoms with Crippen molar-refractivity contribution in [2.45, 2.75) is 25.8 Å². The number of fused-ring (bicyclic) bond motifs is 1. The lowest BCUT2D eigenvalue weighted by Gasteiger charge is -2.25. The molecule has 1 saturated heterocycles. The van der Waals surface area contributed by atoms with E-state index in [0.29, 0.717) is 34.3 Å². The van der Waals surface area contributed by atoms with Crippen LogP contribution in [0.5, 0.6) is 5.75 Å². The van der Waals surface area contributed by atoms with E-state index >= 15 is 0 Å². The van der Waals surface area contributed by atoms with Gasteiger partial charge in [-0.15, -0.1) is 5.10 Å². The van der Waals surface area contributed by atoms with Crippen molar-refractivity contribution in [1.29, 1.82) is 0 Å². The predicted octanol–water partition coefficient (Wildman–Crippen LogP) is 2.04. The van der Waals surface area contributed by atoms with Crippen molar-refractivity contribution in [3.05, 3.63) is 54.1 Å². The molecule has 1 aliphatic rings. The molecule has 11 heteroatoms. The van der Waals surface area contributed by atoms with E-state index in [9.17, 15) is 9.90 Å². The number of anilines is 3. The van der Waals surface area contributed by atoms with Gasteiger partial charge in [-0.3, -0.25) is 4.79 Å². The second kappa shape index (κ2) is 8.67. The molecule has 0 radical (unpaired) electrons. The maximum absolute atomic E-state index is 11.9. The van der Waals surface area contributed by atoms with E-state index in [0.717, 1.165) is 30.7 Å². The molecule has 34 heavy (non-hydrogen) atoms. The molecular formula is C23H26N8O3. The van der Waals surface area contributed by atoms with Gasteiger partial charge in [0.25, 0.3) is 0 Å². The van der Waals surface area contributed by atoms with Crippen LogP contribution in [-0.2, 0) is 0 Å². The normalized spacial score (nSPS) is 15.7. The fraction of sp³-hybridized carbons (Fsp3) is 0.304. The van der Waals surface area contributed by atoms with Crippen molar-refractivity contribution in [2.75, 3.05) is 30.5 Å². The number of hydrogen-bond acceptors (Lipinski definition) is 8. The fourth-order valence-corrected chi connectivity index (χ4v) is 4.42. The minimum Gasteiger partial charge on any atom is -0.496 e. The Hall–Kier alpha value is -4.12. The van der Waals surface area contributed by atoms with Crippen LogP contribution in [0, 0.1) is 6.92 Å². The number of aromatic nitrogens is 5. The number of ether oxygens (including phenoxy) is 1. The number of nitrogens with one attached hydrogen (secondary N) is 1. The van der Waals surface area contributed by atoms with Gasteiger partial charge in [0.1, 0.15) is 17.6 Å². The number of rotatable bonds is 7. The third-order valence-corrected chi connectivity index (χ3v) is 6.18. The molecule has 1 aromatic carbocycles. The Balaban J connectivity index is 1.47. The summed E-state index contributed by atoms with van der Waals surface area (Å²) in [5.41, 5.74) is 8.17. The number of imidazole rings is 1. The lowest BCUT2D eigenvalue weighted by atomic mass is 10.1. The molecule has 0 aliphatic carbocycles. The van der Waals surface area contributed by atoms with Crippen molar-refractivity contribution >= 4 is 29.0 Å². The number of primary amides is 1. The number of benzene rings is 1. The number of aliphatic hydroxyl groups is 1. The summed E-state index contributed by atoms with van der Waals surface area (Å²) in [5, 5.41) is 17.5. The Morgan fingerprint density at radius 3 is 3.00 bits per heavy atom. The first-order chi connectivity index (χ1) is 16.5. The third kappa shape index (κ3) is 3.79. The summed E-state index contributed by atoms with van der Waals surface area (Å²) in [6.45, 7) is 2.70. The highest BCUT2D eigenvalue weighted by atomic mass is 16.5. The van der Waals surface area contributed by atoms with Crippen molar-refractivity contribution in [1.82, 2.24) is 24.1 Å². The molecule has 1 aliphatic heterocycles. The maximum atomic E-state index is 11.9. The van der Waals surface area contributed by atoms with Gasteiger partial charge in [-0.2, -0.15) is 4.98 Å². The lowest BCUT2D eigenvalue weighted by Crippen LogP contribution is -2.33. The predicted molar refractivity (Wildman–Crippen MR) is 127 cm³/mol. The molecule has 0 unspecified atom stereocenters. The number of carbonyl (C=O) groups excluding carboxylic acids is 1. The number of hydrogen-bond donors (Lipinski definition) is 3. The van der Waals surface area contributed by atoms with Crippen LogP contribution in [0.4, 0.5) is 17.6 Å². The molecule has 3 aromatic heterocycles. The maximum Gasteiger partial charge on any atom is 0.249 e. The van der Waals surface area contributed by atoms with E-state index in [1.54, 1.807) is 41.7 Å². The quantitative estimate of drug-likeness (QED) is 0.380. The summed E-state index contributed by atoms with van der Waals surface area (Å²) < 4.78 is 8.93. The molecule has 4 heterocycles. The van der Waals surface area contributed by atoms with Gasteiger partial charge in [-0.05, 0) is 38.0 Å². The average molecular weight is 463 g/mol. The van der Waals surface area contributed by atoms with E-state index in [4.69, 9.17) is 15.5 Å². The molecule has 5 rings (SSSR count). The summed E-state index contributed by atoms with van der Waals surface area (Å²) in [7, 11) is 1.55. The monoisotopic (exact) mass is 462 g/mol. The van der Waals surface area contributed by atoms with Crippen LogP contribution in [0.3, 0.4) is 0 Å². The number of nitrogens with two attached hydrogens (primary N) is 1. The molecule has 0 spiro atoms. The lowest BCUT2D eigenvalue weighted by molar-refractivity contribution is 0.0999. The van der Waals surface area contributed by atoms with Gasteiger partial charge in [-0.1, -0.05) is 0 Å². The van der Waals surface area contributed by atoms with E-state index in [1.165, 1.54) is 0 Å². The van der Waals surface area contributed by atoms with E-state index < -0.39 is 5.91 Å². The zero-order valence-electron chi connectivity index (χ0n) is 19.0. The highest BCUT2D eigenvalue weighted by Gasteiger charge is 2.27. The zero-order chi connectivity index (χ0) is 23.8. The molecule has 11 nitrogen and oxygen atoms in total. The summed E-state index contributed by atoms with van der Waals surface area (Å²) in [6.07, 6.45) is 7.17. The molecule has 0 saturated carbocycles. The van der Waals surface area contributed by atoms with Gasteiger partial charge in [0.15, 0.2) is 11.6 Å². The minimum atomic E-state index is -0.528. The van der Waals surface area contributed by atoms with Gasteiger partial charge in [0, 0.05) is 29.9 Å². The number of methoxy groups -OCH3 is 1. The average Bonchev–Trinajstić information content (AvgIpc) is 3.59. The van der Waals surface area contributed by atoms with Gasteiger partial charge >= 0.3 is 0 Å². The highest BCUT2D eigenvalue weighted by Crippen LogP contribution is 2.30. The Kier molecular flexibility index (Phi) is 5.54. The SMILES string of the molecule is COc1cc(-n2cnc(Nc3nc(N4CCC[C@H]4CO)c4cccn4n3)c2)cc(C(N)=O)c1C. The Morgan fingerprint density at radius 1 is 1.38 bits per heavy atom. The van der Waals surface area contributed by atoms with Crippen LogP contribution in [-0.4, -0.2) is 61.5 Å². The summed E-state index contributed by atoms with van der Waals surface area (Å²) in [4.78, 5) is 23.2. The topological polar surface area (TPSA) is 136 Å². The summed E-state index contributed by atoms with van der Waals surface area (Å²) >= 11 is 0. The van der Waals surface area contributed by atoms with E-state index in [-0.39, 0.29) is 12.6 Å². The van der Waals surface area contributed by atoms with Crippen LogP contribution in [0.25, 0.3) is 11.2 Å². The highest BCUT2D eigenvalue weighted by molar-refractivity contribution is 5.95. The molecule has 1 amide bonds. The molecule has 4 N–H and O–H groups in total. The Labute approximate surface area is 195 Å². The first-order valence-corrected chi connectivity index (χ1v) is 11.0. The molecule has 0 bridgehead atoms. The largest absolute Gasteiger partial charge is 0.496 e.